The highest BCUT2D eigenvalue weighted by Gasteiger charge is 2.34. The van der Waals surface area contributed by atoms with Crippen molar-refractivity contribution in [3.63, 3.8) is 0 Å². The summed E-state index contributed by atoms with van der Waals surface area (Å²) in [5, 5.41) is 0. The fraction of sp³-hybridized carbons (Fsp3) is 0.462. The van der Waals surface area contributed by atoms with Gasteiger partial charge in [0.25, 0.3) is 0 Å². The van der Waals surface area contributed by atoms with Crippen LogP contribution in [0.4, 0.5) is 0 Å². The molecule has 0 N–H and O–H groups in total. The first-order valence-electron chi connectivity index (χ1n) is 5.49. The Morgan fingerprint density at radius 1 is 1.25 bits per heavy atom. The van der Waals surface area contributed by atoms with Crippen LogP contribution in [-0.2, 0) is 9.53 Å². The SMILES string of the molecule is CCOC(=O)[C@@H](c1ccccc1)[N+](C)(C)C. The van der Waals surface area contributed by atoms with Crippen molar-refractivity contribution in [2.45, 2.75) is 13.0 Å². The first-order chi connectivity index (χ1) is 7.46. The van der Waals surface area contributed by atoms with Crippen LogP contribution < -0.4 is 0 Å². The molecule has 1 atom stereocenters. The number of likely N-dealkylation sites (N-methyl/N-ethyl adjacent to an activating group) is 1. The van der Waals surface area contributed by atoms with Gasteiger partial charge in [-0.3, -0.25) is 0 Å². The normalized spacial score (nSPS) is 13.2. The second kappa shape index (κ2) is 5.12. The summed E-state index contributed by atoms with van der Waals surface area (Å²) in [4.78, 5) is 12.0. The quantitative estimate of drug-likeness (QED) is 0.575. The molecule has 0 saturated heterocycles. The monoisotopic (exact) mass is 222 g/mol. The minimum absolute atomic E-state index is 0.166. The largest absolute Gasteiger partial charge is 0.461 e. The molecule has 1 rings (SSSR count). The first-order valence-corrected chi connectivity index (χ1v) is 5.49. The highest BCUT2D eigenvalue weighted by molar-refractivity contribution is 5.76. The van der Waals surface area contributed by atoms with E-state index in [-0.39, 0.29) is 12.0 Å². The minimum Gasteiger partial charge on any atom is -0.461 e. The zero-order valence-corrected chi connectivity index (χ0v) is 10.4. The molecule has 0 heterocycles. The Morgan fingerprint density at radius 3 is 2.25 bits per heavy atom. The number of esters is 1. The molecule has 3 nitrogen and oxygen atoms in total. The number of nitrogens with zero attached hydrogens (tertiary/aromatic N) is 1. The Bertz CT molecular complexity index is 341. The molecular weight excluding hydrogens is 202 g/mol. The van der Waals surface area contributed by atoms with Gasteiger partial charge in [-0.2, -0.15) is 0 Å². The van der Waals surface area contributed by atoms with Crippen molar-refractivity contribution in [1.82, 2.24) is 0 Å². The molecule has 1 aromatic carbocycles. The zero-order valence-electron chi connectivity index (χ0n) is 10.4. The number of hydrogen-bond donors (Lipinski definition) is 0. The maximum atomic E-state index is 12.0. The topological polar surface area (TPSA) is 26.3 Å². The van der Waals surface area contributed by atoms with Gasteiger partial charge in [-0.25, -0.2) is 4.79 Å². The summed E-state index contributed by atoms with van der Waals surface area (Å²) in [6, 6.07) is 9.49. The molecule has 0 bridgehead atoms. The third kappa shape index (κ3) is 3.07. The fourth-order valence-electron chi connectivity index (χ4n) is 1.76. The van der Waals surface area contributed by atoms with Crippen LogP contribution in [0.3, 0.4) is 0 Å². The zero-order chi connectivity index (χ0) is 12.2. The minimum atomic E-state index is -0.263. The highest BCUT2D eigenvalue weighted by atomic mass is 16.5. The molecule has 0 amide bonds. The van der Waals surface area contributed by atoms with E-state index in [2.05, 4.69) is 0 Å². The molecule has 16 heavy (non-hydrogen) atoms. The summed E-state index contributed by atoms with van der Waals surface area (Å²) in [7, 11) is 5.98. The molecule has 1 aromatic rings. The number of quaternary nitrogens is 1. The molecule has 0 aliphatic heterocycles. The third-order valence-electron chi connectivity index (χ3n) is 2.40. The van der Waals surface area contributed by atoms with Crippen molar-refractivity contribution >= 4 is 5.97 Å². The van der Waals surface area contributed by atoms with E-state index in [9.17, 15) is 4.79 Å². The van der Waals surface area contributed by atoms with Crippen molar-refractivity contribution in [2.24, 2.45) is 0 Å². The standard InChI is InChI=1S/C13H20NO2/c1-5-16-13(15)12(14(2,3)4)11-9-7-6-8-10-11/h6-10,12H,5H2,1-4H3/q+1/t12-/m1/s1. The second-order valence-electron chi connectivity index (χ2n) is 4.68. The Morgan fingerprint density at radius 2 is 1.81 bits per heavy atom. The van der Waals surface area contributed by atoms with E-state index in [1.165, 1.54) is 0 Å². The lowest BCUT2D eigenvalue weighted by molar-refractivity contribution is -0.893. The molecule has 0 aliphatic rings. The summed E-state index contributed by atoms with van der Waals surface area (Å²) >= 11 is 0. The number of benzene rings is 1. The molecule has 0 fully saturated rings. The lowest BCUT2D eigenvalue weighted by atomic mass is 10.0. The van der Waals surface area contributed by atoms with Gasteiger partial charge in [0.15, 0.2) is 0 Å². The molecule has 88 valence electrons. The highest BCUT2D eigenvalue weighted by Crippen LogP contribution is 2.24. The van der Waals surface area contributed by atoms with Gasteiger partial charge in [0, 0.05) is 5.56 Å². The predicted octanol–water partition coefficient (Wildman–Crippen LogP) is 2.00. The van der Waals surface area contributed by atoms with Gasteiger partial charge in [0.2, 0.25) is 6.04 Å². The Hall–Kier alpha value is -1.35. The molecule has 0 aliphatic carbocycles. The van der Waals surface area contributed by atoms with Gasteiger partial charge in [-0.05, 0) is 6.92 Å². The molecule has 0 radical (unpaired) electrons. The van der Waals surface area contributed by atoms with Gasteiger partial charge in [0.05, 0.1) is 27.7 Å². The third-order valence-corrected chi connectivity index (χ3v) is 2.40. The fourth-order valence-corrected chi connectivity index (χ4v) is 1.76. The lowest BCUT2D eigenvalue weighted by Crippen LogP contribution is -2.43. The molecule has 0 saturated carbocycles. The van der Waals surface area contributed by atoms with Crippen LogP contribution >= 0.6 is 0 Å². The Balaban J connectivity index is 3.02. The van der Waals surface area contributed by atoms with E-state index in [1.807, 2.05) is 58.4 Å². The van der Waals surface area contributed by atoms with Crippen molar-refractivity contribution < 1.29 is 14.0 Å². The maximum absolute atomic E-state index is 12.0. The average Bonchev–Trinajstić information content (AvgIpc) is 2.17. The van der Waals surface area contributed by atoms with Gasteiger partial charge >= 0.3 is 5.97 Å². The number of rotatable bonds is 4. The van der Waals surface area contributed by atoms with Gasteiger partial charge in [-0.15, -0.1) is 0 Å². The average molecular weight is 222 g/mol. The van der Waals surface area contributed by atoms with E-state index in [0.29, 0.717) is 11.1 Å². The van der Waals surface area contributed by atoms with E-state index in [4.69, 9.17) is 4.74 Å². The second-order valence-corrected chi connectivity index (χ2v) is 4.68. The van der Waals surface area contributed by atoms with Gasteiger partial charge in [0.1, 0.15) is 0 Å². The number of carbonyl (C=O) groups excluding carboxylic acids is 1. The summed E-state index contributed by atoms with van der Waals surface area (Å²) < 4.78 is 5.66. The van der Waals surface area contributed by atoms with Crippen molar-refractivity contribution in [2.75, 3.05) is 27.7 Å². The van der Waals surface area contributed by atoms with Gasteiger partial charge < -0.3 is 9.22 Å². The predicted molar refractivity (Wildman–Crippen MR) is 63.8 cm³/mol. The number of ether oxygens (including phenoxy) is 1. The van der Waals surface area contributed by atoms with Crippen molar-refractivity contribution in [1.29, 1.82) is 0 Å². The number of hydrogen-bond acceptors (Lipinski definition) is 2. The van der Waals surface area contributed by atoms with Crippen LogP contribution in [0.2, 0.25) is 0 Å². The van der Waals surface area contributed by atoms with Gasteiger partial charge in [-0.1, -0.05) is 30.3 Å². The van der Waals surface area contributed by atoms with E-state index < -0.39 is 0 Å². The Labute approximate surface area is 97.2 Å². The summed E-state index contributed by atoms with van der Waals surface area (Å²) in [5.41, 5.74) is 0.994. The summed E-state index contributed by atoms with van der Waals surface area (Å²) in [5.74, 6) is -0.166. The van der Waals surface area contributed by atoms with E-state index in [0.717, 1.165) is 5.56 Å². The van der Waals surface area contributed by atoms with Crippen LogP contribution in [0.25, 0.3) is 0 Å². The molecule has 0 spiro atoms. The van der Waals surface area contributed by atoms with Crippen LogP contribution in [-0.4, -0.2) is 38.2 Å². The first kappa shape index (κ1) is 12.7. The van der Waals surface area contributed by atoms with Crippen LogP contribution in [0.1, 0.15) is 18.5 Å². The van der Waals surface area contributed by atoms with Crippen LogP contribution in [0.5, 0.6) is 0 Å². The molecule has 0 aromatic heterocycles. The lowest BCUT2D eigenvalue weighted by Gasteiger charge is -2.32. The van der Waals surface area contributed by atoms with E-state index >= 15 is 0 Å². The molecule has 3 heteroatoms. The van der Waals surface area contributed by atoms with Crippen LogP contribution in [0.15, 0.2) is 30.3 Å². The van der Waals surface area contributed by atoms with Crippen LogP contribution in [0, 0.1) is 0 Å². The Kier molecular flexibility index (Phi) is 4.07. The molecule has 0 unspecified atom stereocenters. The molecular formula is C13H20NO2+. The summed E-state index contributed by atoms with van der Waals surface area (Å²) in [6.07, 6.45) is 0. The maximum Gasteiger partial charge on any atom is 0.369 e. The summed E-state index contributed by atoms with van der Waals surface area (Å²) in [6.45, 7) is 2.25. The number of carbonyl (C=O) groups is 1. The van der Waals surface area contributed by atoms with Crippen molar-refractivity contribution in [3.05, 3.63) is 35.9 Å². The van der Waals surface area contributed by atoms with Crippen molar-refractivity contribution in [3.8, 4) is 0 Å². The van der Waals surface area contributed by atoms with E-state index in [1.54, 1.807) is 0 Å². The smallest absolute Gasteiger partial charge is 0.369 e.